The van der Waals surface area contributed by atoms with Gasteiger partial charge in [-0.05, 0) is 59.7 Å². The fourth-order valence-electron chi connectivity index (χ4n) is 8.06. The predicted octanol–water partition coefficient (Wildman–Crippen LogP) is 10.9. The third-order valence-corrected chi connectivity index (χ3v) is 10.5. The van der Waals surface area contributed by atoms with Gasteiger partial charge in [0, 0.05) is 49.3 Å². The van der Waals surface area contributed by atoms with E-state index >= 15 is 0 Å². The van der Waals surface area contributed by atoms with Gasteiger partial charge in [0.25, 0.3) is 5.56 Å². The normalized spacial score (nSPS) is 11.7. The van der Waals surface area contributed by atoms with Crippen molar-refractivity contribution in [2.45, 2.75) is 0 Å². The molecule has 0 unspecified atom stereocenters. The van der Waals surface area contributed by atoms with Crippen LogP contribution in [0.4, 0.5) is 0 Å². The molecule has 0 amide bonds. The number of hydrogen-bond acceptors (Lipinski definition) is 4. The molecule has 7 aromatic carbocycles. The van der Waals surface area contributed by atoms with Crippen molar-refractivity contribution in [1.82, 2.24) is 29.1 Å². The highest BCUT2D eigenvalue weighted by atomic mass is 16.1. The summed E-state index contributed by atoms with van der Waals surface area (Å²) in [6.45, 7) is 0. The molecule has 0 aliphatic heterocycles. The number of nitrogens with one attached hydrogen (secondary N) is 1. The highest BCUT2D eigenvalue weighted by molar-refractivity contribution is 6.21. The van der Waals surface area contributed by atoms with E-state index in [2.05, 4.69) is 101 Å². The first-order valence-electron chi connectivity index (χ1n) is 18.3. The standard InChI is InChI=1S/C48H30N6O/c55-47-44-43(36-21-10-12-22-39(36)49-47)38-29-33(32-24-26-41-37(28-32)35-20-11-13-23-40(35)53(41)34-18-8-3-9-19-34)25-27-42(38)54(44)48-51-45(30-14-4-1-5-15-30)50-46(52-48)31-16-6-2-7-17-31/h1-29H,(H,49,55). The van der Waals surface area contributed by atoms with Gasteiger partial charge in [0.15, 0.2) is 11.6 Å². The minimum atomic E-state index is -0.218. The molecule has 4 aromatic heterocycles. The van der Waals surface area contributed by atoms with Crippen molar-refractivity contribution in [2.24, 2.45) is 0 Å². The van der Waals surface area contributed by atoms with E-state index in [0.29, 0.717) is 23.1 Å². The van der Waals surface area contributed by atoms with Crippen LogP contribution in [-0.2, 0) is 0 Å². The average molecular weight is 707 g/mol. The van der Waals surface area contributed by atoms with E-state index in [1.807, 2.05) is 89.5 Å². The largest absolute Gasteiger partial charge is 0.320 e. The van der Waals surface area contributed by atoms with Crippen molar-refractivity contribution in [3.63, 3.8) is 0 Å². The molecule has 11 aromatic rings. The molecule has 7 heteroatoms. The smallest absolute Gasteiger partial charge is 0.273 e. The van der Waals surface area contributed by atoms with Crippen LogP contribution in [0.5, 0.6) is 0 Å². The zero-order chi connectivity index (χ0) is 36.5. The number of pyridine rings is 1. The van der Waals surface area contributed by atoms with Gasteiger partial charge < -0.3 is 9.55 Å². The first-order chi connectivity index (χ1) is 27.2. The Balaban J connectivity index is 1.19. The van der Waals surface area contributed by atoms with E-state index < -0.39 is 0 Å². The third-order valence-electron chi connectivity index (χ3n) is 10.5. The van der Waals surface area contributed by atoms with Gasteiger partial charge in [0.2, 0.25) is 5.95 Å². The first kappa shape index (κ1) is 30.9. The van der Waals surface area contributed by atoms with E-state index in [-0.39, 0.29) is 5.56 Å². The van der Waals surface area contributed by atoms with Gasteiger partial charge in [0.05, 0.1) is 16.6 Å². The predicted molar refractivity (Wildman–Crippen MR) is 223 cm³/mol. The van der Waals surface area contributed by atoms with Crippen LogP contribution in [0.25, 0.3) is 100 Å². The lowest BCUT2D eigenvalue weighted by atomic mass is 10.00. The van der Waals surface area contributed by atoms with Gasteiger partial charge in [-0.1, -0.05) is 127 Å². The monoisotopic (exact) mass is 706 g/mol. The van der Waals surface area contributed by atoms with Crippen LogP contribution in [0.15, 0.2) is 181 Å². The van der Waals surface area contributed by atoms with E-state index in [1.54, 1.807) is 0 Å². The topological polar surface area (TPSA) is 81.4 Å². The number of aromatic amines is 1. The molecule has 0 fully saturated rings. The maximum Gasteiger partial charge on any atom is 0.273 e. The molecule has 55 heavy (non-hydrogen) atoms. The molecule has 0 saturated heterocycles. The zero-order valence-electron chi connectivity index (χ0n) is 29.4. The van der Waals surface area contributed by atoms with E-state index in [1.165, 1.54) is 10.8 Å². The van der Waals surface area contributed by atoms with Gasteiger partial charge >= 0.3 is 0 Å². The number of para-hydroxylation sites is 3. The maximum absolute atomic E-state index is 14.3. The second-order valence-corrected chi connectivity index (χ2v) is 13.7. The van der Waals surface area contributed by atoms with Gasteiger partial charge in [-0.25, -0.2) is 4.98 Å². The Morgan fingerprint density at radius 3 is 1.62 bits per heavy atom. The highest BCUT2D eigenvalue weighted by Crippen LogP contribution is 2.39. The van der Waals surface area contributed by atoms with Crippen molar-refractivity contribution in [2.75, 3.05) is 0 Å². The van der Waals surface area contributed by atoms with Crippen LogP contribution in [0.1, 0.15) is 0 Å². The number of rotatable bonds is 5. The number of H-pyrrole nitrogens is 1. The molecule has 1 N–H and O–H groups in total. The lowest BCUT2D eigenvalue weighted by Gasteiger charge is -2.11. The van der Waals surface area contributed by atoms with Crippen molar-refractivity contribution in [3.8, 4) is 45.5 Å². The summed E-state index contributed by atoms with van der Waals surface area (Å²) >= 11 is 0. The number of benzene rings is 7. The van der Waals surface area contributed by atoms with Crippen LogP contribution in [0.3, 0.4) is 0 Å². The Morgan fingerprint density at radius 1 is 0.418 bits per heavy atom. The third kappa shape index (κ3) is 4.91. The summed E-state index contributed by atoms with van der Waals surface area (Å²) in [4.78, 5) is 32.4. The Morgan fingerprint density at radius 2 is 0.945 bits per heavy atom. The highest BCUT2D eigenvalue weighted by Gasteiger charge is 2.22. The molecule has 0 spiro atoms. The molecule has 258 valence electrons. The van der Waals surface area contributed by atoms with Gasteiger partial charge in [-0.2, -0.15) is 9.97 Å². The quantitative estimate of drug-likeness (QED) is 0.193. The van der Waals surface area contributed by atoms with E-state index in [9.17, 15) is 4.79 Å². The Hall–Kier alpha value is -7.64. The summed E-state index contributed by atoms with van der Waals surface area (Å²) in [6.07, 6.45) is 0. The summed E-state index contributed by atoms with van der Waals surface area (Å²) in [5.74, 6) is 1.42. The second-order valence-electron chi connectivity index (χ2n) is 13.7. The number of hydrogen-bond donors (Lipinski definition) is 1. The SMILES string of the molecule is O=c1[nH]c2ccccc2c2c3cc(-c4ccc5c(c4)c4ccccc4n5-c4ccccc4)ccc3n(-c3nc(-c4ccccc4)nc(-c4ccccc4)n3)c12. The molecule has 11 rings (SSSR count). The van der Waals surface area contributed by atoms with E-state index in [4.69, 9.17) is 15.0 Å². The van der Waals surface area contributed by atoms with Crippen molar-refractivity contribution >= 4 is 54.5 Å². The molecule has 0 radical (unpaired) electrons. The molecule has 0 atom stereocenters. The molecular weight excluding hydrogens is 677 g/mol. The van der Waals surface area contributed by atoms with Crippen LogP contribution >= 0.6 is 0 Å². The number of aromatic nitrogens is 6. The van der Waals surface area contributed by atoms with Gasteiger partial charge in [-0.3, -0.25) is 9.36 Å². The van der Waals surface area contributed by atoms with Crippen molar-refractivity contribution < 1.29 is 0 Å². The zero-order valence-corrected chi connectivity index (χ0v) is 29.4. The maximum atomic E-state index is 14.3. The fourth-order valence-corrected chi connectivity index (χ4v) is 8.06. The molecular formula is C48H30N6O. The number of fused-ring (bicyclic) bond motifs is 8. The second kappa shape index (κ2) is 12.2. The van der Waals surface area contributed by atoms with Gasteiger partial charge in [-0.15, -0.1) is 0 Å². The summed E-state index contributed by atoms with van der Waals surface area (Å²) in [6, 6.07) is 59.9. The number of nitrogens with zero attached hydrogens (tertiary/aromatic N) is 5. The first-order valence-corrected chi connectivity index (χ1v) is 18.3. The Labute approximate surface area is 314 Å². The summed E-state index contributed by atoms with van der Waals surface area (Å²) in [5.41, 5.74) is 9.12. The lowest BCUT2D eigenvalue weighted by Crippen LogP contribution is -2.13. The fraction of sp³-hybridized carbons (Fsp3) is 0. The molecule has 0 aliphatic carbocycles. The molecule has 7 nitrogen and oxygen atoms in total. The van der Waals surface area contributed by atoms with E-state index in [0.717, 1.165) is 66.2 Å². The minimum Gasteiger partial charge on any atom is -0.320 e. The Kier molecular flexibility index (Phi) is 6.87. The minimum absolute atomic E-state index is 0.218. The van der Waals surface area contributed by atoms with Crippen LogP contribution in [0, 0.1) is 0 Å². The van der Waals surface area contributed by atoms with Crippen molar-refractivity contribution in [1.29, 1.82) is 0 Å². The molecule has 0 saturated carbocycles. The summed E-state index contributed by atoms with van der Waals surface area (Å²) < 4.78 is 4.22. The summed E-state index contributed by atoms with van der Waals surface area (Å²) in [5, 5.41) is 5.09. The lowest BCUT2D eigenvalue weighted by molar-refractivity contribution is 0.949. The van der Waals surface area contributed by atoms with Gasteiger partial charge in [0.1, 0.15) is 5.52 Å². The molecule has 0 aliphatic rings. The van der Waals surface area contributed by atoms with Crippen molar-refractivity contribution in [3.05, 3.63) is 186 Å². The average Bonchev–Trinajstić information content (AvgIpc) is 3.78. The summed E-state index contributed by atoms with van der Waals surface area (Å²) in [7, 11) is 0. The van der Waals surface area contributed by atoms with Crippen LogP contribution in [-0.4, -0.2) is 29.1 Å². The van der Waals surface area contributed by atoms with Crippen LogP contribution in [0.2, 0.25) is 0 Å². The molecule has 0 bridgehead atoms. The molecule has 4 heterocycles. The Bertz CT molecular complexity index is 3270. The van der Waals surface area contributed by atoms with Crippen LogP contribution < -0.4 is 5.56 Å².